The molecule has 0 saturated carbocycles. The number of carboxylic acids is 1. The lowest BCUT2D eigenvalue weighted by Gasteiger charge is -2.18. The molecule has 0 aliphatic carbocycles. The second-order valence-corrected chi connectivity index (χ2v) is 7.40. The third-order valence-electron chi connectivity index (χ3n) is 3.87. The second-order valence-electron chi connectivity index (χ2n) is 6.15. The fourth-order valence-electron chi connectivity index (χ4n) is 2.40. The Labute approximate surface area is 182 Å². The topological polar surface area (TPSA) is 131 Å². The first-order chi connectivity index (χ1) is 13.9. The Hall–Kier alpha value is -2.37. The molecule has 0 aromatic heterocycles. The SMILES string of the molecule is CCC[C@H](NC(=O)O[C@@H](CCCCNC(=O)c1ccc(I)cc1)OC=O)C(=O)O. The molecule has 1 rings (SSSR count). The van der Waals surface area contributed by atoms with E-state index in [9.17, 15) is 19.2 Å². The standard InChI is InChI=1S/C19H25IN2O7/c1-2-5-15(18(25)26)22-19(27)29-16(28-12-23)6-3-4-11-21-17(24)13-7-9-14(20)10-8-13/h7-10,12,15-16H,2-6,11H2,1H3,(H,21,24)(H,22,27)(H,25,26)/t15-,16-/m0/s1. The van der Waals surface area contributed by atoms with Crippen molar-refractivity contribution in [3.8, 4) is 0 Å². The van der Waals surface area contributed by atoms with Crippen molar-refractivity contribution in [3.63, 3.8) is 0 Å². The summed E-state index contributed by atoms with van der Waals surface area (Å²) in [6, 6.07) is 6.09. The molecule has 0 fully saturated rings. The van der Waals surface area contributed by atoms with Crippen LogP contribution in [0, 0.1) is 3.57 Å². The van der Waals surface area contributed by atoms with Crippen molar-refractivity contribution in [1.29, 1.82) is 0 Å². The number of carboxylic acid groups (broad SMARTS) is 1. The molecule has 0 radical (unpaired) electrons. The maximum atomic E-state index is 12.0. The molecular formula is C19H25IN2O7. The molecule has 9 nitrogen and oxygen atoms in total. The number of amides is 2. The molecule has 2 atom stereocenters. The smallest absolute Gasteiger partial charge is 0.410 e. The first kappa shape index (κ1) is 24.7. The van der Waals surface area contributed by atoms with Crippen molar-refractivity contribution in [2.24, 2.45) is 0 Å². The zero-order valence-electron chi connectivity index (χ0n) is 16.1. The summed E-state index contributed by atoms with van der Waals surface area (Å²) in [7, 11) is 0. The van der Waals surface area contributed by atoms with Crippen LogP contribution >= 0.6 is 22.6 Å². The van der Waals surface area contributed by atoms with Crippen LogP contribution in [-0.4, -0.2) is 48.4 Å². The van der Waals surface area contributed by atoms with Gasteiger partial charge in [-0.1, -0.05) is 13.3 Å². The van der Waals surface area contributed by atoms with Crippen LogP contribution in [-0.2, 0) is 19.1 Å². The van der Waals surface area contributed by atoms with Crippen LogP contribution in [0.15, 0.2) is 24.3 Å². The molecule has 0 aliphatic rings. The van der Waals surface area contributed by atoms with Gasteiger partial charge in [-0.2, -0.15) is 0 Å². The number of unbranched alkanes of at least 4 members (excludes halogenated alkanes) is 1. The van der Waals surface area contributed by atoms with Crippen molar-refractivity contribution < 1.29 is 33.8 Å². The van der Waals surface area contributed by atoms with E-state index in [1.165, 1.54) is 0 Å². The van der Waals surface area contributed by atoms with Crippen LogP contribution < -0.4 is 10.6 Å². The van der Waals surface area contributed by atoms with Crippen LogP contribution in [0.25, 0.3) is 0 Å². The highest BCUT2D eigenvalue weighted by molar-refractivity contribution is 14.1. The molecule has 1 aromatic carbocycles. The Balaban J connectivity index is 2.35. The summed E-state index contributed by atoms with van der Waals surface area (Å²) in [5.74, 6) is -1.35. The number of rotatable bonds is 13. The van der Waals surface area contributed by atoms with Crippen LogP contribution in [0.4, 0.5) is 4.79 Å². The van der Waals surface area contributed by atoms with Gasteiger partial charge in [-0.15, -0.1) is 0 Å². The summed E-state index contributed by atoms with van der Waals surface area (Å²) >= 11 is 2.16. The highest BCUT2D eigenvalue weighted by Crippen LogP contribution is 2.09. The lowest BCUT2D eigenvalue weighted by molar-refractivity contribution is -0.154. The van der Waals surface area contributed by atoms with E-state index in [2.05, 4.69) is 33.2 Å². The minimum absolute atomic E-state index is 0.164. The van der Waals surface area contributed by atoms with Gasteiger partial charge in [-0.25, -0.2) is 9.59 Å². The predicted octanol–water partition coefficient (Wildman–Crippen LogP) is 2.67. The van der Waals surface area contributed by atoms with E-state index in [-0.39, 0.29) is 25.2 Å². The third-order valence-corrected chi connectivity index (χ3v) is 4.59. The quantitative estimate of drug-likeness (QED) is 0.158. The van der Waals surface area contributed by atoms with E-state index in [1.54, 1.807) is 19.1 Å². The maximum Gasteiger partial charge on any atom is 0.410 e. The van der Waals surface area contributed by atoms with Crippen molar-refractivity contribution in [1.82, 2.24) is 10.6 Å². The zero-order chi connectivity index (χ0) is 21.6. The fourth-order valence-corrected chi connectivity index (χ4v) is 2.76. The number of aliphatic carboxylic acids is 1. The summed E-state index contributed by atoms with van der Waals surface area (Å²) in [6.45, 7) is 2.36. The van der Waals surface area contributed by atoms with Gasteiger partial charge in [0.1, 0.15) is 6.04 Å². The van der Waals surface area contributed by atoms with Crippen molar-refractivity contribution in [2.45, 2.75) is 51.4 Å². The lowest BCUT2D eigenvalue weighted by Crippen LogP contribution is -2.42. The molecule has 0 saturated heterocycles. The summed E-state index contributed by atoms with van der Waals surface area (Å²) in [5.41, 5.74) is 0.563. The fraction of sp³-hybridized carbons (Fsp3) is 0.474. The number of carbonyl (C=O) groups excluding carboxylic acids is 3. The van der Waals surface area contributed by atoms with E-state index in [4.69, 9.17) is 14.6 Å². The molecule has 0 aliphatic heterocycles. The van der Waals surface area contributed by atoms with Gasteiger partial charge >= 0.3 is 12.1 Å². The van der Waals surface area contributed by atoms with Crippen LogP contribution in [0.1, 0.15) is 49.4 Å². The van der Waals surface area contributed by atoms with Gasteiger partial charge in [0, 0.05) is 22.1 Å². The van der Waals surface area contributed by atoms with Gasteiger partial charge < -0.3 is 25.2 Å². The molecule has 0 heterocycles. The van der Waals surface area contributed by atoms with Gasteiger partial charge in [0.05, 0.1) is 0 Å². The lowest BCUT2D eigenvalue weighted by atomic mass is 10.2. The van der Waals surface area contributed by atoms with Crippen molar-refractivity contribution >= 4 is 47.0 Å². The summed E-state index contributed by atoms with van der Waals surface area (Å²) < 4.78 is 10.7. The number of hydrogen-bond acceptors (Lipinski definition) is 6. The van der Waals surface area contributed by atoms with Crippen molar-refractivity contribution in [3.05, 3.63) is 33.4 Å². The Bertz CT molecular complexity index is 682. The molecule has 0 bridgehead atoms. The van der Waals surface area contributed by atoms with Gasteiger partial charge in [-0.05, 0) is 66.1 Å². The molecule has 29 heavy (non-hydrogen) atoms. The van der Waals surface area contributed by atoms with Gasteiger partial charge in [0.2, 0.25) is 6.29 Å². The average molecular weight is 520 g/mol. The van der Waals surface area contributed by atoms with E-state index in [1.807, 2.05) is 12.1 Å². The van der Waals surface area contributed by atoms with E-state index in [0.717, 1.165) is 3.57 Å². The Kier molecular flexibility index (Phi) is 11.7. The molecule has 1 aromatic rings. The number of nitrogens with one attached hydrogen (secondary N) is 2. The van der Waals surface area contributed by atoms with Crippen LogP contribution in [0.3, 0.4) is 0 Å². The van der Waals surface area contributed by atoms with Gasteiger partial charge in [0.25, 0.3) is 12.4 Å². The maximum absolute atomic E-state index is 12.0. The number of alkyl carbamates (subject to hydrolysis) is 1. The van der Waals surface area contributed by atoms with E-state index < -0.39 is 24.4 Å². The van der Waals surface area contributed by atoms with Gasteiger partial charge in [-0.3, -0.25) is 9.59 Å². The molecule has 160 valence electrons. The summed E-state index contributed by atoms with van der Waals surface area (Å²) in [4.78, 5) is 45.5. The molecular weight excluding hydrogens is 495 g/mol. The largest absolute Gasteiger partial charge is 0.480 e. The number of halogens is 1. The predicted molar refractivity (Wildman–Crippen MR) is 112 cm³/mol. The number of hydrogen-bond donors (Lipinski definition) is 3. The zero-order valence-corrected chi connectivity index (χ0v) is 18.2. The highest BCUT2D eigenvalue weighted by Gasteiger charge is 2.22. The van der Waals surface area contributed by atoms with Gasteiger partial charge in [0.15, 0.2) is 0 Å². The highest BCUT2D eigenvalue weighted by atomic mass is 127. The summed E-state index contributed by atoms with van der Waals surface area (Å²) in [6.07, 6.45) is 0.0318. The molecule has 0 spiro atoms. The minimum atomic E-state index is -1.17. The normalized spacial score (nSPS) is 12.3. The van der Waals surface area contributed by atoms with Crippen molar-refractivity contribution in [2.75, 3.05) is 6.54 Å². The second kappa shape index (κ2) is 13.7. The van der Waals surface area contributed by atoms with Crippen LogP contribution in [0.5, 0.6) is 0 Å². The van der Waals surface area contributed by atoms with E-state index in [0.29, 0.717) is 31.4 Å². The third kappa shape index (κ3) is 10.1. The number of carbonyl (C=O) groups is 4. The van der Waals surface area contributed by atoms with E-state index >= 15 is 0 Å². The summed E-state index contributed by atoms with van der Waals surface area (Å²) in [5, 5.41) is 14.1. The molecule has 3 N–H and O–H groups in total. The molecule has 10 heteroatoms. The Morgan fingerprint density at radius 3 is 2.45 bits per heavy atom. The number of ether oxygens (including phenoxy) is 2. The van der Waals surface area contributed by atoms with Crippen LogP contribution in [0.2, 0.25) is 0 Å². The first-order valence-corrected chi connectivity index (χ1v) is 10.3. The first-order valence-electron chi connectivity index (χ1n) is 9.20. The Morgan fingerprint density at radius 2 is 1.86 bits per heavy atom. The monoisotopic (exact) mass is 520 g/mol. The molecule has 2 amide bonds. The molecule has 0 unspecified atom stereocenters. The minimum Gasteiger partial charge on any atom is -0.480 e. The Morgan fingerprint density at radius 1 is 1.17 bits per heavy atom. The average Bonchev–Trinajstić information content (AvgIpc) is 2.67. The number of benzene rings is 1.